The fourth-order valence-corrected chi connectivity index (χ4v) is 5.54. The summed E-state index contributed by atoms with van der Waals surface area (Å²) >= 11 is 0. The number of carbonyl (C=O) groups is 1. The van der Waals surface area contributed by atoms with E-state index in [0.717, 1.165) is 66.0 Å². The van der Waals surface area contributed by atoms with Crippen LogP contribution in [0.5, 0.6) is 0 Å². The molecule has 216 valence electrons. The van der Waals surface area contributed by atoms with E-state index in [9.17, 15) is 9.90 Å². The van der Waals surface area contributed by atoms with Crippen molar-refractivity contribution in [3.8, 4) is 22.6 Å². The summed E-state index contributed by atoms with van der Waals surface area (Å²) in [7, 11) is 0. The van der Waals surface area contributed by atoms with Crippen LogP contribution in [0.15, 0.2) is 79.3 Å². The Kier molecular flexibility index (Phi) is 7.03. The van der Waals surface area contributed by atoms with Crippen molar-refractivity contribution in [3.63, 3.8) is 0 Å². The molecule has 2 aromatic carbocycles. The van der Waals surface area contributed by atoms with Crippen molar-refractivity contribution >= 4 is 39.5 Å². The molecule has 1 aliphatic heterocycles. The molecule has 0 spiro atoms. The van der Waals surface area contributed by atoms with E-state index in [1.807, 2.05) is 54.7 Å². The number of fused-ring (bicyclic) bond motifs is 2. The van der Waals surface area contributed by atoms with Crippen LogP contribution in [0.3, 0.4) is 0 Å². The van der Waals surface area contributed by atoms with Gasteiger partial charge in [-0.15, -0.1) is 0 Å². The molecular formula is C32H30N8O3. The molecule has 43 heavy (non-hydrogen) atoms. The van der Waals surface area contributed by atoms with Crippen LogP contribution >= 0.6 is 0 Å². The zero-order chi connectivity index (χ0) is 29.3. The number of H-pyrrole nitrogens is 1. The first-order valence-electron chi connectivity index (χ1n) is 14.1. The van der Waals surface area contributed by atoms with Gasteiger partial charge in [0.1, 0.15) is 5.65 Å². The van der Waals surface area contributed by atoms with Gasteiger partial charge in [0.15, 0.2) is 0 Å². The third-order valence-corrected chi connectivity index (χ3v) is 7.73. The van der Waals surface area contributed by atoms with Crippen LogP contribution < -0.4 is 11.1 Å². The van der Waals surface area contributed by atoms with Crippen LogP contribution in [-0.2, 0) is 17.9 Å². The van der Waals surface area contributed by atoms with Crippen LogP contribution in [0.1, 0.15) is 11.1 Å². The molecule has 5 N–H and O–H groups in total. The van der Waals surface area contributed by atoms with E-state index in [4.69, 9.17) is 15.5 Å². The van der Waals surface area contributed by atoms with Crippen LogP contribution in [0, 0.1) is 0 Å². The van der Waals surface area contributed by atoms with Gasteiger partial charge in [-0.05, 0) is 34.5 Å². The number of aliphatic hydroxyl groups is 1. The van der Waals surface area contributed by atoms with Gasteiger partial charge in [0.25, 0.3) is 0 Å². The quantitative estimate of drug-likeness (QED) is 0.225. The standard InChI is InChI=1S/C32H30N8O3/c33-31-37-29(23-6-3-7-26(25(23)19-41)36-32(42)40-17-21-4-1-2-5-22(21)18-40)24-14-28(35-30(24)38-31)27-9-8-20(15-34-27)16-39-10-12-43-13-11-39/h1-9,14-15,17-18,41H,10-13,16,19H2,(H,36,42)(H3,33,35,37,38). The number of anilines is 2. The summed E-state index contributed by atoms with van der Waals surface area (Å²) in [6, 6.07) is 18.8. The highest BCUT2D eigenvalue weighted by atomic mass is 16.5. The molecule has 11 heteroatoms. The Morgan fingerprint density at radius 2 is 1.81 bits per heavy atom. The molecule has 1 saturated heterocycles. The van der Waals surface area contributed by atoms with Gasteiger partial charge in [0.2, 0.25) is 5.95 Å². The van der Waals surface area contributed by atoms with Gasteiger partial charge in [-0.3, -0.25) is 14.5 Å². The highest BCUT2D eigenvalue weighted by molar-refractivity contribution is 5.99. The summed E-state index contributed by atoms with van der Waals surface area (Å²) in [4.78, 5) is 32.5. The number of nitrogens with zero attached hydrogens (tertiary/aromatic N) is 5. The molecular weight excluding hydrogens is 544 g/mol. The summed E-state index contributed by atoms with van der Waals surface area (Å²) < 4.78 is 6.94. The van der Waals surface area contributed by atoms with Crippen molar-refractivity contribution in [3.05, 3.63) is 90.4 Å². The summed E-state index contributed by atoms with van der Waals surface area (Å²) in [5.41, 5.74) is 11.5. The van der Waals surface area contributed by atoms with Crippen LogP contribution in [0.2, 0.25) is 0 Å². The number of benzene rings is 2. The number of aromatic amines is 1. The highest BCUT2D eigenvalue weighted by Gasteiger charge is 2.19. The van der Waals surface area contributed by atoms with Crippen LogP contribution in [0.4, 0.5) is 16.4 Å². The monoisotopic (exact) mass is 574 g/mol. The molecule has 4 aromatic heterocycles. The predicted octanol–water partition coefficient (Wildman–Crippen LogP) is 4.63. The molecule has 1 fully saturated rings. The van der Waals surface area contributed by atoms with Gasteiger partial charge in [0, 0.05) is 60.4 Å². The number of aromatic nitrogens is 5. The molecule has 7 rings (SSSR count). The van der Waals surface area contributed by atoms with Gasteiger partial charge < -0.3 is 25.9 Å². The smallest absolute Gasteiger partial charge is 0.330 e. The highest BCUT2D eigenvalue weighted by Crippen LogP contribution is 2.35. The average molecular weight is 575 g/mol. The fourth-order valence-electron chi connectivity index (χ4n) is 5.54. The molecule has 0 bridgehead atoms. The number of rotatable bonds is 6. The van der Waals surface area contributed by atoms with Gasteiger partial charge in [-0.2, -0.15) is 4.98 Å². The SMILES string of the molecule is Nc1nc(-c2cccc(NC(=O)n3cc4ccccc4c3)c2CO)c2cc(-c3ccc(CN4CCOCC4)cn3)[nH]c2n1. The van der Waals surface area contributed by atoms with Crippen molar-refractivity contribution in [1.82, 2.24) is 29.4 Å². The number of morpholine rings is 1. The first kappa shape index (κ1) is 26.8. The second-order valence-corrected chi connectivity index (χ2v) is 10.5. The number of carbonyl (C=O) groups excluding carboxylic acids is 1. The zero-order valence-corrected chi connectivity index (χ0v) is 23.3. The number of amides is 1. The Morgan fingerprint density at radius 3 is 2.53 bits per heavy atom. The molecule has 5 heterocycles. The topological polar surface area (TPSA) is 147 Å². The van der Waals surface area contributed by atoms with Crippen LogP contribution in [0.25, 0.3) is 44.5 Å². The van der Waals surface area contributed by atoms with E-state index < -0.39 is 0 Å². The molecule has 0 unspecified atom stereocenters. The molecule has 0 atom stereocenters. The Morgan fingerprint density at radius 1 is 1.02 bits per heavy atom. The lowest BCUT2D eigenvalue weighted by Crippen LogP contribution is -2.35. The van der Waals surface area contributed by atoms with Gasteiger partial charge in [-0.1, -0.05) is 42.5 Å². The Labute approximate surface area is 247 Å². The van der Waals surface area contributed by atoms with Crippen molar-refractivity contribution in [2.45, 2.75) is 13.2 Å². The first-order valence-corrected chi connectivity index (χ1v) is 14.1. The molecule has 0 aliphatic carbocycles. The minimum atomic E-state index is -0.345. The lowest BCUT2D eigenvalue weighted by atomic mass is 10.0. The number of pyridine rings is 1. The number of aliphatic hydroxyl groups excluding tert-OH is 1. The van der Waals surface area contributed by atoms with Crippen molar-refractivity contribution < 1.29 is 14.6 Å². The van der Waals surface area contributed by atoms with Crippen molar-refractivity contribution in [2.75, 3.05) is 37.4 Å². The Balaban J connectivity index is 1.20. The molecule has 0 saturated carbocycles. The maximum atomic E-state index is 13.2. The minimum absolute atomic E-state index is 0.0853. The number of nitrogens with two attached hydrogens (primary N) is 1. The first-order chi connectivity index (χ1) is 21.1. The zero-order valence-electron chi connectivity index (χ0n) is 23.3. The Bertz CT molecular complexity index is 1910. The number of hydrogen-bond acceptors (Lipinski definition) is 8. The second-order valence-electron chi connectivity index (χ2n) is 10.5. The average Bonchev–Trinajstić information content (AvgIpc) is 3.66. The number of nitrogens with one attached hydrogen (secondary N) is 2. The maximum Gasteiger partial charge on any atom is 0.330 e. The fraction of sp³-hybridized carbons (Fsp3) is 0.188. The largest absolute Gasteiger partial charge is 0.392 e. The summed E-state index contributed by atoms with van der Waals surface area (Å²) in [5.74, 6) is 0.0853. The molecule has 6 aromatic rings. The maximum absolute atomic E-state index is 13.2. The van der Waals surface area contributed by atoms with E-state index in [1.165, 1.54) is 4.57 Å². The number of ether oxygens (including phenoxy) is 1. The second kappa shape index (κ2) is 11.3. The number of hydrogen-bond donors (Lipinski definition) is 4. The van der Waals surface area contributed by atoms with E-state index in [2.05, 4.69) is 31.2 Å². The van der Waals surface area contributed by atoms with E-state index in [0.29, 0.717) is 28.2 Å². The third kappa shape index (κ3) is 5.32. The molecule has 11 nitrogen and oxygen atoms in total. The molecule has 1 aliphatic rings. The Hall–Kier alpha value is -5.10. The van der Waals surface area contributed by atoms with Crippen molar-refractivity contribution in [1.29, 1.82) is 0 Å². The number of nitrogen functional groups attached to an aromatic ring is 1. The summed E-state index contributed by atoms with van der Waals surface area (Å²) in [6.07, 6.45) is 5.43. The van der Waals surface area contributed by atoms with E-state index in [1.54, 1.807) is 18.5 Å². The third-order valence-electron chi connectivity index (χ3n) is 7.73. The summed E-state index contributed by atoms with van der Waals surface area (Å²) in [6.45, 7) is 3.84. The molecule has 0 radical (unpaired) electrons. The van der Waals surface area contributed by atoms with Crippen LogP contribution in [-0.4, -0.2) is 66.8 Å². The summed E-state index contributed by atoms with van der Waals surface area (Å²) in [5, 5.41) is 16.0. The van der Waals surface area contributed by atoms with E-state index in [-0.39, 0.29) is 18.6 Å². The lowest BCUT2D eigenvalue weighted by Gasteiger charge is -2.26. The minimum Gasteiger partial charge on any atom is -0.392 e. The molecule has 1 amide bonds. The van der Waals surface area contributed by atoms with Gasteiger partial charge in [-0.25, -0.2) is 9.78 Å². The van der Waals surface area contributed by atoms with Gasteiger partial charge >= 0.3 is 6.03 Å². The van der Waals surface area contributed by atoms with Gasteiger partial charge in [0.05, 0.1) is 36.9 Å². The van der Waals surface area contributed by atoms with E-state index >= 15 is 0 Å². The normalized spacial score (nSPS) is 14.0. The predicted molar refractivity (Wildman–Crippen MR) is 165 cm³/mol. The lowest BCUT2D eigenvalue weighted by molar-refractivity contribution is 0.0341. The van der Waals surface area contributed by atoms with Crippen molar-refractivity contribution in [2.24, 2.45) is 0 Å².